The van der Waals surface area contributed by atoms with Crippen LogP contribution in [0.3, 0.4) is 0 Å². The number of hydrogen-bond donors (Lipinski definition) is 0. The van der Waals surface area contributed by atoms with Gasteiger partial charge in [0.2, 0.25) is 0 Å². The summed E-state index contributed by atoms with van der Waals surface area (Å²) in [4.78, 5) is 0. The summed E-state index contributed by atoms with van der Waals surface area (Å²) < 4.78 is 8.87. The molecule has 0 saturated carbocycles. The minimum Gasteiger partial charge on any atom is -0.248 e. The van der Waals surface area contributed by atoms with Crippen molar-refractivity contribution >= 4 is 107 Å². The monoisotopic (exact) mass is 644 g/mol. The lowest BCUT2D eigenvalue weighted by Crippen LogP contribution is -2.08. The van der Waals surface area contributed by atoms with E-state index in [1.807, 2.05) is 0 Å². The molecule has 2 aromatic heterocycles. The highest BCUT2D eigenvalue weighted by Crippen LogP contribution is 2.38. The van der Waals surface area contributed by atoms with Crippen LogP contribution in [0.4, 0.5) is 0 Å². The zero-order valence-corrected chi connectivity index (χ0v) is 21.7. The van der Waals surface area contributed by atoms with Crippen LogP contribution in [0.2, 0.25) is 0 Å². The van der Waals surface area contributed by atoms with Crippen molar-refractivity contribution in [1.82, 2.24) is 9.35 Å². The highest BCUT2D eigenvalue weighted by molar-refractivity contribution is 9.11. The molecule has 0 fully saturated rings. The molecular formula is C24H12Br4N2. The standard InChI is InChI=1S/C24H12Br4N2/c25-13-1-5-17-18-6-2-14(26)10-22(18)29(21(17)9-13)30-23-11-15(27)3-7-19(23)20-8-4-16(28)12-24(20)30/h1-12H. The van der Waals surface area contributed by atoms with Gasteiger partial charge in [0.1, 0.15) is 0 Å². The van der Waals surface area contributed by atoms with Crippen molar-refractivity contribution in [2.45, 2.75) is 0 Å². The van der Waals surface area contributed by atoms with Gasteiger partial charge >= 0.3 is 0 Å². The Morgan fingerprint density at radius 1 is 0.367 bits per heavy atom. The molecule has 30 heavy (non-hydrogen) atoms. The first-order valence-corrected chi connectivity index (χ1v) is 12.5. The molecule has 4 aromatic carbocycles. The molecule has 0 bridgehead atoms. The van der Waals surface area contributed by atoms with Crippen molar-refractivity contribution in [2.24, 2.45) is 0 Å². The van der Waals surface area contributed by atoms with E-state index in [9.17, 15) is 0 Å². The van der Waals surface area contributed by atoms with E-state index in [0.29, 0.717) is 0 Å². The van der Waals surface area contributed by atoms with Gasteiger partial charge in [-0.25, -0.2) is 9.35 Å². The zero-order chi connectivity index (χ0) is 20.6. The third kappa shape index (κ3) is 2.77. The zero-order valence-electron chi connectivity index (χ0n) is 15.3. The van der Waals surface area contributed by atoms with E-state index < -0.39 is 0 Å². The van der Waals surface area contributed by atoms with Gasteiger partial charge in [0.05, 0.1) is 22.1 Å². The Balaban J connectivity index is 1.93. The SMILES string of the molecule is Brc1ccc2c3ccc(Br)cc3n(-n3c4cc(Br)ccc4c4ccc(Br)cc43)c2c1. The molecule has 0 unspecified atom stereocenters. The Morgan fingerprint density at radius 2 is 0.600 bits per heavy atom. The van der Waals surface area contributed by atoms with Gasteiger partial charge in [-0.1, -0.05) is 88.0 Å². The fraction of sp³-hybridized carbons (Fsp3) is 0. The molecule has 0 amide bonds. The predicted octanol–water partition coefficient (Wildman–Crippen LogP) is 9.26. The van der Waals surface area contributed by atoms with Crippen molar-refractivity contribution in [1.29, 1.82) is 0 Å². The number of rotatable bonds is 1. The van der Waals surface area contributed by atoms with Gasteiger partial charge in [-0.15, -0.1) is 0 Å². The molecule has 6 aromatic rings. The molecule has 0 aliphatic carbocycles. The van der Waals surface area contributed by atoms with Crippen LogP contribution in [0, 0.1) is 0 Å². The molecule has 0 atom stereocenters. The van der Waals surface area contributed by atoms with E-state index in [2.05, 4.69) is 146 Å². The van der Waals surface area contributed by atoms with Crippen LogP contribution in [0.15, 0.2) is 90.7 Å². The van der Waals surface area contributed by atoms with E-state index in [1.54, 1.807) is 0 Å². The van der Waals surface area contributed by atoms with Gasteiger partial charge in [-0.3, -0.25) is 0 Å². The van der Waals surface area contributed by atoms with Crippen molar-refractivity contribution in [3.8, 4) is 0 Å². The molecule has 0 N–H and O–H groups in total. The second-order valence-corrected chi connectivity index (χ2v) is 10.9. The fourth-order valence-electron chi connectivity index (χ4n) is 4.32. The average Bonchev–Trinajstić information content (AvgIpc) is 3.18. The number of hydrogen-bond acceptors (Lipinski definition) is 0. The van der Waals surface area contributed by atoms with Crippen LogP contribution in [0.25, 0.3) is 43.6 Å². The molecule has 6 heteroatoms. The van der Waals surface area contributed by atoms with Gasteiger partial charge in [0.25, 0.3) is 0 Å². The lowest BCUT2D eigenvalue weighted by atomic mass is 10.2. The number of aromatic nitrogens is 2. The Morgan fingerprint density at radius 3 is 0.833 bits per heavy atom. The molecule has 2 nitrogen and oxygen atoms in total. The highest BCUT2D eigenvalue weighted by Gasteiger charge is 2.18. The summed E-state index contributed by atoms with van der Waals surface area (Å²) in [6.07, 6.45) is 0. The minimum absolute atomic E-state index is 1.06. The Kier molecular flexibility index (Phi) is 4.43. The summed E-state index contributed by atoms with van der Waals surface area (Å²) in [6.45, 7) is 0. The molecule has 6 rings (SSSR count). The summed E-state index contributed by atoms with van der Waals surface area (Å²) in [5.41, 5.74) is 4.60. The summed E-state index contributed by atoms with van der Waals surface area (Å²) in [5, 5.41) is 4.89. The van der Waals surface area contributed by atoms with Gasteiger partial charge in [-0.05, 0) is 48.5 Å². The second kappa shape index (κ2) is 6.95. The fourth-order valence-corrected chi connectivity index (χ4v) is 5.72. The van der Waals surface area contributed by atoms with Crippen molar-refractivity contribution in [3.05, 3.63) is 90.7 Å². The van der Waals surface area contributed by atoms with Crippen LogP contribution in [-0.4, -0.2) is 9.35 Å². The van der Waals surface area contributed by atoms with E-state index in [4.69, 9.17) is 0 Å². The normalized spacial score (nSPS) is 12.0. The van der Waals surface area contributed by atoms with E-state index >= 15 is 0 Å². The molecule has 0 spiro atoms. The summed E-state index contributed by atoms with van der Waals surface area (Å²) >= 11 is 14.7. The van der Waals surface area contributed by atoms with E-state index in [-0.39, 0.29) is 0 Å². The molecule has 0 radical (unpaired) electrons. The van der Waals surface area contributed by atoms with Gasteiger partial charge in [-0.2, -0.15) is 0 Å². The van der Waals surface area contributed by atoms with Gasteiger partial charge in [0, 0.05) is 39.4 Å². The van der Waals surface area contributed by atoms with Crippen molar-refractivity contribution in [3.63, 3.8) is 0 Å². The first-order valence-electron chi connectivity index (χ1n) is 9.30. The Labute approximate surface area is 205 Å². The van der Waals surface area contributed by atoms with E-state index in [0.717, 1.165) is 40.0 Å². The second-order valence-electron chi connectivity index (χ2n) is 7.27. The van der Waals surface area contributed by atoms with Gasteiger partial charge in [0.15, 0.2) is 0 Å². The smallest absolute Gasteiger partial charge is 0.0727 e. The summed E-state index contributed by atoms with van der Waals surface area (Å²) in [5.74, 6) is 0. The summed E-state index contributed by atoms with van der Waals surface area (Å²) in [6, 6.07) is 25.9. The molecule has 146 valence electrons. The van der Waals surface area contributed by atoms with Crippen LogP contribution >= 0.6 is 63.7 Å². The quantitative estimate of drug-likeness (QED) is 0.168. The Hall–Kier alpha value is -1.60. The minimum atomic E-state index is 1.06. The number of nitrogens with zero attached hydrogens (tertiary/aromatic N) is 2. The Bertz CT molecular complexity index is 1400. The van der Waals surface area contributed by atoms with E-state index in [1.165, 1.54) is 21.5 Å². The number of fused-ring (bicyclic) bond motifs is 6. The number of halogens is 4. The topological polar surface area (TPSA) is 9.86 Å². The van der Waals surface area contributed by atoms with Gasteiger partial charge < -0.3 is 0 Å². The highest BCUT2D eigenvalue weighted by atomic mass is 79.9. The largest absolute Gasteiger partial charge is 0.248 e. The molecule has 0 aliphatic heterocycles. The summed E-state index contributed by atoms with van der Waals surface area (Å²) in [7, 11) is 0. The number of benzene rings is 4. The predicted molar refractivity (Wildman–Crippen MR) is 140 cm³/mol. The average molecular weight is 648 g/mol. The van der Waals surface area contributed by atoms with Crippen molar-refractivity contribution in [2.75, 3.05) is 0 Å². The molecule has 0 saturated heterocycles. The van der Waals surface area contributed by atoms with Crippen LogP contribution < -0.4 is 0 Å². The van der Waals surface area contributed by atoms with Crippen LogP contribution in [-0.2, 0) is 0 Å². The molecule has 0 aliphatic rings. The first-order chi connectivity index (χ1) is 14.5. The lowest BCUT2D eigenvalue weighted by molar-refractivity contribution is 0.774. The lowest BCUT2D eigenvalue weighted by Gasteiger charge is -2.13. The van der Waals surface area contributed by atoms with Crippen molar-refractivity contribution < 1.29 is 0 Å². The van der Waals surface area contributed by atoms with Crippen LogP contribution in [0.1, 0.15) is 0 Å². The maximum atomic E-state index is 3.68. The first kappa shape index (κ1) is 19.1. The molecular weight excluding hydrogens is 636 g/mol. The maximum absolute atomic E-state index is 3.68. The maximum Gasteiger partial charge on any atom is 0.0727 e. The third-order valence-electron chi connectivity index (χ3n) is 5.53. The molecule has 2 heterocycles. The third-order valence-corrected chi connectivity index (χ3v) is 7.51. The van der Waals surface area contributed by atoms with Crippen LogP contribution in [0.5, 0.6) is 0 Å².